The molecule has 0 saturated heterocycles. The monoisotopic (exact) mass is 239 g/mol. The molecule has 0 saturated carbocycles. The highest BCUT2D eigenvalue weighted by molar-refractivity contribution is 5.97. The van der Waals surface area contributed by atoms with E-state index >= 15 is 0 Å². The third kappa shape index (κ3) is 3.27. The lowest BCUT2D eigenvalue weighted by atomic mass is 10.0. The maximum absolute atomic E-state index is 12.0. The van der Waals surface area contributed by atoms with Crippen molar-refractivity contribution in [2.24, 2.45) is 0 Å². The van der Waals surface area contributed by atoms with Crippen LogP contribution in [-0.2, 0) is 12.8 Å². The van der Waals surface area contributed by atoms with Crippen molar-refractivity contribution < 1.29 is 4.79 Å². The Kier molecular flexibility index (Phi) is 4.24. The Morgan fingerprint density at radius 3 is 2.50 bits per heavy atom. The van der Waals surface area contributed by atoms with Crippen LogP contribution < -0.4 is 0 Å². The van der Waals surface area contributed by atoms with Crippen molar-refractivity contribution in [2.75, 3.05) is 0 Å². The number of rotatable bonds is 5. The summed E-state index contributed by atoms with van der Waals surface area (Å²) < 4.78 is 0. The minimum atomic E-state index is 0.122. The van der Waals surface area contributed by atoms with E-state index in [2.05, 4.69) is 11.9 Å². The maximum atomic E-state index is 12.0. The number of nitrogens with zero attached hydrogens (tertiary/aromatic N) is 1. The van der Waals surface area contributed by atoms with Gasteiger partial charge in [-0.1, -0.05) is 43.7 Å². The van der Waals surface area contributed by atoms with Crippen LogP contribution in [0, 0.1) is 0 Å². The summed E-state index contributed by atoms with van der Waals surface area (Å²) in [4.78, 5) is 16.2. The summed E-state index contributed by atoms with van der Waals surface area (Å²) in [5.74, 6) is 0.122. The number of pyridine rings is 1. The van der Waals surface area contributed by atoms with E-state index in [0.29, 0.717) is 6.42 Å². The first kappa shape index (κ1) is 12.5. The summed E-state index contributed by atoms with van der Waals surface area (Å²) >= 11 is 0. The predicted molar refractivity (Wildman–Crippen MR) is 72.7 cm³/mol. The Bertz CT molecular complexity index is 502. The zero-order valence-electron chi connectivity index (χ0n) is 10.6. The van der Waals surface area contributed by atoms with Crippen molar-refractivity contribution in [3.8, 4) is 0 Å². The first-order chi connectivity index (χ1) is 8.79. The number of Topliss-reactive ketones (excluding diaryl/α,β-unsaturated/α-hetero) is 1. The normalized spacial score (nSPS) is 10.3. The molecule has 0 spiro atoms. The van der Waals surface area contributed by atoms with Gasteiger partial charge in [-0.2, -0.15) is 0 Å². The molecular weight excluding hydrogens is 222 g/mol. The van der Waals surface area contributed by atoms with E-state index in [1.54, 1.807) is 6.20 Å². The molecule has 1 aromatic carbocycles. The summed E-state index contributed by atoms with van der Waals surface area (Å²) in [7, 11) is 0. The van der Waals surface area contributed by atoms with Gasteiger partial charge in [-0.25, -0.2) is 0 Å². The predicted octanol–water partition coefficient (Wildman–Crippen LogP) is 3.46. The number of ketones is 1. The van der Waals surface area contributed by atoms with E-state index in [-0.39, 0.29) is 5.78 Å². The van der Waals surface area contributed by atoms with E-state index in [1.807, 2.05) is 42.5 Å². The van der Waals surface area contributed by atoms with Gasteiger partial charge in [0.1, 0.15) is 0 Å². The lowest BCUT2D eigenvalue weighted by molar-refractivity contribution is 0.0992. The summed E-state index contributed by atoms with van der Waals surface area (Å²) in [5.41, 5.74) is 2.87. The highest BCUT2D eigenvalue weighted by Crippen LogP contribution is 2.09. The number of hydrogen-bond acceptors (Lipinski definition) is 2. The number of aryl methyl sites for hydroxylation is 1. The molecule has 92 valence electrons. The SMILES string of the molecule is CCCc1ccc(C(=O)Cc2ccccn2)cc1. The van der Waals surface area contributed by atoms with Crippen LogP contribution >= 0.6 is 0 Å². The zero-order valence-corrected chi connectivity index (χ0v) is 10.6. The second-order valence-corrected chi connectivity index (χ2v) is 4.37. The minimum Gasteiger partial charge on any atom is -0.294 e. The van der Waals surface area contributed by atoms with Gasteiger partial charge < -0.3 is 0 Å². The van der Waals surface area contributed by atoms with Gasteiger partial charge in [-0.3, -0.25) is 9.78 Å². The summed E-state index contributed by atoms with van der Waals surface area (Å²) in [6.07, 6.45) is 4.27. The maximum Gasteiger partial charge on any atom is 0.168 e. The van der Waals surface area contributed by atoms with Crippen molar-refractivity contribution in [3.63, 3.8) is 0 Å². The first-order valence-electron chi connectivity index (χ1n) is 6.31. The van der Waals surface area contributed by atoms with Crippen molar-refractivity contribution >= 4 is 5.78 Å². The lowest BCUT2D eigenvalue weighted by Gasteiger charge is -2.03. The molecule has 2 aromatic rings. The van der Waals surface area contributed by atoms with E-state index in [1.165, 1.54) is 5.56 Å². The fourth-order valence-corrected chi connectivity index (χ4v) is 1.92. The topological polar surface area (TPSA) is 30.0 Å². The molecule has 18 heavy (non-hydrogen) atoms. The fraction of sp³-hybridized carbons (Fsp3) is 0.250. The van der Waals surface area contributed by atoms with Crippen LogP contribution in [0.15, 0.2) is 48.7 Å². The van der Waals surface area contributed by atoms with Gasteiger partial charge in [0, 0.05) is 17.5 Å². The molecule has 0 fully saturated rings. The van der Waals surface area contributed by atoms with Gasteiger partial charge in [0.05, 0.1) is 6.42 Å². The van der Waals surface area contributed by atoms with Crippen molar-refractivity contribution in [2.45, 2.75) is 26.2 Å². The molecule has 2 heteroatoms. The van der Waals surface area contributed by atoms with Crippen LogP contribution in [0.25, 0.3) is 0 Å². The first-order valence-corrected chi connectivity index (χ1v) is 6.31. The molecule has 0 atom stereocenters. The lowest BCUT2D eigenvalue weighted by Crippen LogP contribution is -2.04. The average Bonchev–Trinajstić information content (AvgIpc) is 2.41. The molecule has 0 aliphatic carbocycles. The number of benzene rings is 1. The molecule has 1 heterocycles. The van der Waals surface area contributed by atoms with Crippen LogP contribution in [0.5, 0.6) is 0 Å². The highest BCUT2D eigenvalue weighted by atomic mass is 16.1. The summed E-state index contributed by atoms with van der Waals surface area (Å²) in [5, 5.41) is 0. The summed E-state index contributed by atoms with van der Waals surface area (Å²) in [6.45, 7) is 2.15. The number of carbonyl (C=O) groups is 1. The van der Waals surface area contributed by atoms with Crippen LogP contribution in [0.2, 0.25) is 0 Å². The smallest absolute Gasteiger partial charge is 0.168 e. The van der Waals surface area contributed by atoms with Crippen LogP contribution in [-0.4, -0.2) is 10.8 Å². The van der Waals surface area contributed by atoms with Gasteiger partial charge in [0.15, 0.2) is 5.78 Å². The molecule has 0 unspecified atom stereocenters. The second-order valence-electron chi connectivity index (χ2n) is 4.37. The molecule has 0 N–H and O–H groups in total. The second kappa shape index (κ2) is 6.10. The van der Waals surface area contributed by atoms with Crippen molar-refractivity contribution in [1.82, 2.24) is 4.98 Å². The van der Waals surface area contributed by atoms with Gasteiger partial charge in [-0.05, 0) is 24.1 Å². The third-order valence-electron chi connectivity index (χ3n) is 2.88. The molecule has 0 amide bonds. The Labute approximate surface area is 108 Å². The molecule has 0 bridgehead atoms. The minimum absolute atomic E-state index is 0.122. The van der Waals surface area contributed by atoms with Crippen molar-refractivity contribution in [3.05, 3.63) is 65.5 Å². The zero-order chi connectivity index (χ0) is 12.8. The molecule has 2 rings (SSSR count). The average molecular weight is 239 g/mol. The molecule has 1 aromatic heterocycles. The van der Waals surface area contributed by atoms with Gasteiger partial charge in [0.2, 0.25) is 0 Å². The quantitative estimate of drug-likeness (QED) is 0.748. The van der Waals surface area contributed by atoms with E-state index in [0.717, 1.165) is 24.1 Å². The van der Waals surface area contributed by atoms with Crippen molar-refractivity contribution in [1.29, 1.82) is 0 Å². The van der Waals surface area contributed by atoms with E-state index in [9.17, 15) is 4.79 Å². The Morgan fingerprint density at radius 1 is 1.11 bits per heavy atom. The van der Waals surface area contributed by atoms with Crippen LogP contribution in [0.1, 0.15) is 35.0 Å². The molecule has 0 aliphatic heterocycles. The Morgan fingerprint density at radius 2 is 1.89 bits per heavy atom. The molecule has 0 radical (unpaired) electrons. The Balaban J connectivity index is 2.05. The third-order valence-corrected chi connectivity index (χ3v) is 2.88. The van der Waals surface area contributed by atoms with Gasteiger partial charge >= 0.3 is 0 Å². The van der Waals surface area contributed by atoms with Gasteiger partial charge in [0.25, 0.3) is 0 Å². The van der Waals surface area contributed by atoms with Gasteiger partial charge in [-0.15, -0.1) is 0 Å². The standard InChI is InChI=1S/C16H17NO/c1-2-5-13-7-9-14(10-8-13)16(18)12-15-6-3-4-11-17-15/h3-4,6-11H,2,5,12H2,1H3. The highest BCUT2D eigenvalue weighted by Gasteiger charge is 2.07. The molecule has 0 aliphatic rings. The van der Waals surface area contributed by atoms with Crippen LogP contribution in [0.4, 0.5) is 0 Å². The molecular formula is C16H17NO. The fourth-order valence-electron chi connectivity index (χ4n) is 1.92. The van der Waals surface area contributed by atoms with E-state index < -0.39 is 0 Å². The number of hydrogen-bond donors (Lipinski definition) is 0. The van der Waals surface area contributed by atoms with Crippen LogP contribution in [0.3, 0.4) is 0 Å². The Hall–Kier alpha value is -1.96. The molecule has 2 nitrogen and oxygen atoms in total. The number of carbonyl (C=O) groups excluding carboxylic acids is 1. The number of aromatic nitrogens is 1. The van der Waals surface area contributed by atoms with E-state index in [4.69, 9.17) is 0 Å². The summed E-state index contributed by atoms with van der Waals surface area (Å²) in [6, 6.07) is 13.5. The largest absolute Gasteiger partial charge is 0.294 e.